The van der Waals surface area contributed by atoms with E-state index in [4.69, 9.17) is 16.3 Å². The molecule has 3 aromatic rings. The minimum Gasteiger partial charge on any atom is -0.455 e. The lowest BCUT2D eigenvalue weighted by Gasteiger charge is -2.07. The van der Waals surface area contributed by atoms with Crippen molar-refractivity contribution in [3.8, 4) is 0 Å². The molecule has 0 saturated heterocycles. The Bertz CT molecular complexity index is 870. The summed E-state index contributed by atoms with van der Waals surface area (Å²) in [6.07, 6.45) is 1.67. The number of halogens is 1. The molecule has 1 heterocycles. The quantitative estimate of drug-likeness (QED) is 0.416. The van der Waals surface area contributed by atoms with Crippen LogP contribution >= 0.6 is 11.6 Å². The molecule has 0 aliphatic heterocycles. The van der Waals surface area contributed by atoms with Crippen molar-refractivity contribution in [1.29, 1.82) is 0 Å². The summed E-state index contributed by atoms with van der Waals surface area (Å²) in [7, 11) is 0. The number of ketones is 1. The van der Waals surface area contributed by atoms with E-state index < -0.39 is 11.8 Å². The number of hydrogen-bond donors (Lipinski definition) is 0. The first-order valence-electron chi connectivity index (χ1n) is 6.95. The van der Waals surface area contributed by atoms with Crippen LogP contribution in [0.5, 0.6) is 0 Å². The van der Waals surface area contributed by atoms with Gasteiger partial charge < -0.3 is 4.74 Å². The fourth-order valence-corrected chi connectivity index (χ4v) is 2.34. The Balaban J connectivity index is 1.73. The number of benzene rings is 2. The number of pyridine rings is 1. The summed E-state index contributed by atoms with van der Waals surface area (Å²) in [4.78, 5) is 28.2. The zero-order valence-corrected chi connectivity index (χ0v) is 12.8. The molecule has 0 atom stereocenters. The van der Waals surface area contributed by atoms with Crippen LogP contribution in [0.1, 0.15) is 15.9 Å². The van der Waals surface area contributed by atoms with E-state index in [9.17, 15) is 9.59 Å². The van der Waals surface area contributed by atoms with Gasteiger partial charge in [-0.25, -0.2) is 4.79 Å². The van der Waals surface area contributed by atoms with E-state index in [2.05, 4.69) is 4.98 Å². The first-order chi connectivity index (χ1) is 11.1. The molecule has 0 N–H and O–H groups in total. The van der Waals surface area contributed by atoms with Crippen LogP contribution in [0.15, 0.2) is 60.8 Å². The molecule has 3 rings (SSSR count). The number of fused-ring (bicyclic) bond motifs is 1. The van der Waals surface area contributed by atoms with Crippen LogP contribution < -0.4 is 0 Å². The van der Waals surface area contributed by atoms with Gasteiger partial charge in [-0.3, -0.25) is 9.78 Å². The number of ether oxygens (including phenoxy) is 1. The lowest BCUT2D eigenvalue weighted by Crippen LogP contribution is -2.17. The molecule has 0 aliphatic carbocycles. The first kappa shape index (κ1) is 15.2. The number of hydrogen-bond acceptors (Lipinski definition) is 4. The molecule has 2 aromatic carbocycles. The number of Topliss-reactive ketones (excluding diaryl/α,β-unsaturated/α-hetero) is 1. The molecule has 0 unspecified atom stereocenters. The van der Waals surface area contributed by atoms with Gasteiger partial charge in [-0.1, -0.05) is 35.9 Å². The standard InChI is InChI=1S/C18H12ClNO3/c19-15-8-6-13(7-9-15)17(21)18(22)23-11-14-4-1-3-12-5-2-10-20-16(12)14/h1-10H,11H2. The van der Waals surface area contributed by atoms with E-state index in [0.717, 1.165) is 16.5 Å². The maximum Gasteiger partial charge on any atom is 0.380 e. The maximum absolute atomic E-state index is 12.0. The molecule has 0 amide bonds. The highest BCUT2D eigenvalue weighted by atomic mass is 35.5. The molecule has 4 nitrogen and oxygen atoms in total. The number of carbonyl (C=O) groups is 2. The van der Waals surface area contributed by atoms with Gasteiger partial charge in [0.2, 0.25) is 0 Å². The molecule has 1 aromatic heterocycles. The number of aromatic nitrogens is 1. The van der Waals surface area contributed by atoms with E-state index in [1.54, 1.807) is 18.3 Å². The highest BCUT2D eigenvalue weighted by Crippen LogP contribution is 2.17. The van der Waals surface area contributed by atoms with Gasteiger partial charge in [0.25, 0.3) is 5.78 Å². The summed E-state index contributed by atoms with van der Waals surface area (Å²) >= 11 is 5.76. The predicted molar refractivity (Wildman–Crippen MR) is 87.3 cm³/mol. The Labute approximate surface area is 137 Å². The molecule has 23 heavy (non-hydrogen) atoms. The summed E-state index contributed by atoms with van der Waals surface area (Å²) in [5.41, 5.74) is 1.75. The van der Waals surface area contributed by atoms with Crippen molar-refractivity contribution in [2.75, 3.05) is 0 Å². The summed E-state index contributed by atoms with van der Waals surface area (Å²) in [5, 5.41) is 1.45. The zero-order chi connectivity index (χ0) is 16.2. The maximum atomic E-state index is 12.0. The lowest BCUT2D eigenvalue weighted by atomic mass is 10.1. The minimum absolute atomic E-state index is 0.00742. The normalized spacial score (nSPS) is 10.5. The third-order valence-corrected chi connectivity index (χ3v) is 3.62. The molecule has 0 saturated carbocycles. The zero-order valence-electron chi connectivity index (χ0n) is 12.0. The fraction of sp³-hybridized carbons (Fsp3) is 0.0556. The van der Waals surface area contributed by atoms with Crippen LogP contribution in [0, 0.1) is 0 Å². The smallest absolute Gasteiger partial charge is 0.380 e. The molecule has 0 fully saturated rings. The van der Waals surface area contributed by atoms with Gasteiger partial charge in [0, 0.05) is 27.7 Å². The van der Waals surface area contributed by atoms with Gasteiger partial charge in [0.05, 0.1) is 5.52 Å². The molecule has 0 spiro atoms. The van der Waals surface area contributed by atoms with Crippen LogP contribution in [0.4, 0.5) is 0 Å². The van der Waals surface area contributed by atoms with E-state index in [1.807, 2.05) is 30.3 Å². The van der Waals surface area contributed by atoms with E-state index in [-0.39, 0.29) is 12.2 Å². The van der Waals surface area contributed by atoms with Crippen LogP contribution in [-0.2, 0) is 16.1 Å². The monoisotopic (exact) mass is 325 g/mol. The second-order valence-corrected chi connectivity index (χ2v) is 5.34. The van der Waals surface area contributed by atoms with E-state index in [0.29, 0.717) is 5.02 Å². The average molecular weight is 326 g/mol. The van der Waals surface area contributed by atoms with E-state index in [1.165, 1.54) is 12.1 Å². The predicted octanol–water partition coefficient (Wildman–Crippen LogP) is 3.81. The van der Waals surface area contributed by atoms with Gasteiger partial charge in [-0.05, 0) is 30.3 Å². The topological polar surface area (TPSA) is 56.3 Å². The number of para-hydroxylation sites is 1. The van der Waals surface area contributed by atoms with Crippen molar-refractivity contribution in [3.05, 3.63) is 76.9 Å². The third-order valence-electron chi connectivity index (χ3n) is 3.37. The van der Waals surface area contributed by atoms with Crippen molar-refractivity contribution >= 4 is 34.3 Å². The van der Waals surface area contributed by atoms with Crippen molar-refractivity contribution in [3.63, 3.8) is 0 Å². The highest BCUT2D eigenvalue weighted by molar-refractivity contribution is 6.40. The lowest BCUT2D eigenvalue weighted by molar-refractivity contribution is -0.139. The van der Waals surface area contributed by atoms with Crippen molar-refractivity contribution < 1.29 is 14.3 Å². The summed E-state index contributed by atoms with van der Waals surface area (Å²) in [5.74, 6) is -1.60. The van der Waals surface area contributed by atoms with Gasteiger partial charge >= 0.3 is 5.97 Å². The number of esters is 1. The molecule has 5 heteroatoms. The summed E-state index contributed by atoms with van der Waals surface area (Å²) in [6, 6.07) is 15.4. The minimum atomic E-state index is -0.903. The molecular weight excluding hydrogens is 314 g/mol. The Hall–Kier alpha value is -2.72. The van der Waals surface area contributed by atoms with Crippen molar-refractivity contribution in [2.24, 2.45) is 0 Å². The number of rotatable bonds is 4. The fourth-order valence-electron chi connectivity index (χ4n) is 2.21. The third kappa shape index (κ3) is 3.38. The van der Waals surface area contributed by atoms with Crippen LogP contribution in [0.25, 0.3) is 10.9 Å². The second-order valence-electron chi connectivity index (χ2n) is 4.90. The first-order valence-corrected chi connectivity index (χ1v) is 7.32. The van der Waals surface area contributed by atoms with Crippen LogP contribution in [0.2, 0.25) is 5.02 Å². The van der Waals surface area contributed by atoms with Crippen molar-refractivity contribution in [2.45, 2.75) is 6.61 Å². The SMILES string of the molecule is O=C(OCc1cccc2cccnc12)C(=O)c1ccc(Cl)cc1. The largest absolute Gasteiger partial charge is 0.455 e. The summed E-state index contributed by atoms with van der Waals surface area (Å²) in [6.45, 7) is -0.00742. The molecule has 114 valence electrons. The Kier molecular flexibility index (Phi) is 4.35. The van der Waals surface area contributed by atoms with Crippen LogP contribution in [-0.4, -0.2) is 16.7 Å². The second kappa shape index (κ2) is 6.58. The molecule has 0 bridgehead atoms. The Morgan fingerprint density at radius 1 is 1.00 bits per heavy atom. The Morgan fingerprint density at radius 3 is 2.52 bits per heavy atom. The van der Waals surface area contributed by atoms with Gasteiger partial charge in [0.15, 0.2) is 0 Å². The molecular formula is C18H12ClNO3. The van der Waals surface area contributed by atoms with E-state index >= 15 is 0 Å². The van der Waals surface area contributed by atoms with Crippen LogP contribution in [0.3, 0.4) is 0 Å². The van der Waals surface area contributed by atoms with Crippen molar-refractivity contribution in [1.82, 2.24) is 4.98 Å². The summed E-state index contributed by atoms with van der Waals surface area (Å²) < 4.78 is 5.12. The van der Waals surface area contributed by atoms with Gasteiger partial charge in [-0.15, -0.1) is 0 Å². The average Bonchev–Trinajstić information content (AvgIpc) is 2.59. The van der Waals surface area contributed by atoms with Gasteiger partial charge in [0.1, 0.15) is 6.61 Å². The molecule has 0 radical (unpaired) electrons. The number of carbonyl (C=O) groups excluding carboxylic acids is 2. The highest BCUT2D eigenvalue weighted by Gasteiger charge is 2.18. The molecule has 0 aliphatic rings. The Morgan fingerprint density at radius 2 is 1.74 bits per heavy atom. The number of nitrogens with zero attached hydrogens (tertiary/aromatic N) is 1. The van der Waals surface area contributed by atoms with Gasteiger partial charge in [-0.2, -0.15) is 0 Å².